The van der Waals surface area contributed by atoms with E-state index in [2.05, 4.69) is 190 Å². The molecule has 0 unspecified atom stereocenters. The van der Waals surface area contributed by atoms with E-state index in [0.717, 1.165) is 116 Å². The van der Waals surface area contributed by atoms with Gasteiger partial charge >= 0.3 is 0 Å². The molecule has 2 aromatic heterocycles. The minimum Gasteiger partial charge on any atom is -0.494 e. The molecule has 10 aromatic rings. The fourth-order valence-electron chi connectivity index (χ4n) is 8.38. The van der Waals surface area contributed by atoms with Crippen LogP contribution >= 0.6 is 0 Å². The van der Waals surface area contributed by atoms with Crippen LogP contribution in [0.3, 0.4) is 0 Å². The van der Waals surface area contributed by atoms with Gasteiger partial charge in [-0.05, 0) is 131 Å². The van der Waals surface area contributed by atoms with E-state index in [-0.39, 0.29) is 0 Å². The van der Waals surface area contributed by atoms with Crippen molar-refractivity contribution in [1.29, 1.82) is 0 Å². The molecule has 310 valence electrons. The average Bonchev–Trinajstić information content (AvgIpc) is 3.64. The first kappa shape index (κ1) is 39.8. The van der Waals surface area contributed by atoms with Crippen LogP contribution in [0, 0.1) is 13.8 Å². The highest BCUT2D eigenvalue weighted by molar-refractivity contribution is 6.12. The number of hydrogen-bond donors (Lipinski definition) is 0. The summed E-state index contributed by atoms with van der Waals surface area (Å²) in [5.41, 5.74) is 10.9. The second-order valence-corrected chi connectivity index (χ2v) is 16.7. The summed E-state index contributed by atoms with van der Waals surface area (Å²) in [6, 6.07) is 56.5. The van der Waals surface area contributed by atoms with Crippen molar-refractivity contribution >= 4 is 43.4 Å². The lowest BCUT2D eigenvalue weighted by Crippen LogP contribution is -2.06. The summed E-state index contributed by atoms with van der Waals surface area (Å²) in [5, 5.41) is 6.91. The standard InChI is InChI=1S/C57H50N4O2/c1-5-7-29-62-49-25-21-43-31-41(17-19-45(43)33-49)47-23-27-53-51(35-47)52-36-48(42-18-20-46-34-50(63-30-8-6-2)26-22-44(46)32-42)24-28-54(52)61(53)57-59-55(39-13-9-37(3)10-14-39)58-56(60-57)40-15-11-38(4)12-16-40/h9-28,31-36H,5-8,29-30H2,1-4H3. The van der Waals surface area contributed by atoms with Crippen LogP contribution in [0.1, 0.15) is 50.7 Å². The molecule has 0 N–H and O–H groups in total. The minimum absolute atomic E-state index is 0.571. The second kappa shape index (κ2) is 17.2. The first-order valence-corrected chi connectivity index (χ1v) is 22.2. The zero-order chi connectivity index (χ0) is 42.9. The number of aryl methyl sites for hydroxylation is 2. The monoisotopic (exact) mass is 822 g/mol. The Kier molecular flexibility index (Phi) is 10.9. The maximum Gasteiger partial charge on any atom is 0.238 e. The van der Waals surface area contributed by atoms with Gasteiger partial charge in [0.1, 0.15) is 11.5 Å². The van der Waals surface area contributed by atoms with Crippen molar-refractivity contribution < 1.29 is 9.47 Å². The van der Waals surface area contributed by atoms with Gasteiger partial charge in [-0.1, -0.05) is 135 Å². The molecule has 6 heteroatoms. The highest BCUT2D eigenvalue weighted by atomic mass is 16.5. The topological polar surface area (TPSA) is 62.1 Å². The Morgan fingerprint density at radius 3 is 1.22 bits per heavy atom. The summed E-state index contributed by atoms with van der Waals surface area (Å²) in [6.07, 6.45) is 4.31. The summed E-state index contributed by atoms with van der Waals surface area (Å²) in [5.74, 6) is 3.65. The molecular weight excluding hydrogens is 773 g/mol. The number of ether oxygens (including phenoxy) is 2. The molecule has 0 radical (unpaired) electrons. The van der Waals surface area contributed by atoms with Gasteiger partial charge in [0.15, 0.2) is 11.6 Å². The lowest BCUT2D eigenvalue weighted by Gasteiger charge is -2.12. The Balaban J connectivity index is 1.14. The summed E-state index contributed by atoms with van der Waals surface area (Å²) in [4.78, 5) is 15.5. The molecular formula is C57H50N4O2. The normalized spacial score (nSPS) is 11.6. The molecule has 6 nitrogen and oxygen atoms in total. The molecule has 0 aliphatic heterocycles. The Labute approximate surface area is 368 Å². The van der Waals surface area contributed by atoms with Crippen LogP contribution < -0.4 is 9.47 Å². The van der Waals surface area contributed by atoms with Gasteiger partial charge in [-0.2, -0.15) is 9.97 Å². The number of aromatic nitrogens is 4. The van der Waals surface area contributed by atoms with E-state index >= 15 is 0 Å². The van der Waals surface area contributed by atoms with Crippen molar-refractivity contribution in [2.75, 3.05) is 13.2 Å². The van der Waals surface area contributed by atoms with Crippen molar-refractivity contribution in [2.24, 2.45) is 0 Å². The van der Waals surface area contributed by atoms with Gasteiger partial charge in [-0.15, -0.1) is 0 Å². The van der Waals surface area contributed by atoms with E-state index in [1.165, 1.54) is 21.9 Å². The van der Waals surface area contributed by atoms with Gasteiger partial charge in [0.2, 0.25) is 5.95 Å². The number of nitrogens with zero attached hydrogens (tertiary/aromatic N) is 4. The fourth-order valence-corrected chi connectivity index (χ4v) is 8.38. The third-order valence-corrected chi connectivity index (χ3v) is 12.0. The minimum atomic E-state index is 0.571. The van der Waals surface area contributed by atoms with Crippen LogP contribution in [0.5, 0.6) is 11.5 Å². The maximum absolute atomic E-state index is 6.03. The Morgan fingerprint density at radius 2 is 0.778 bits per heavy atom. The molecule has 0 saturated heterocycles. The van der Waals surface area contributed by atoms with Gasteiger partial charge < -0.3 is 9.47 Å². The van der Waals surface area contributed by atoms with E-state index in [0.29, 0.717) is 17.6 Å². The van der Waals surface area contributed by atoms with Crippen molar-refractivity contribution in [1.82, 2.24) is 19.5 Å². The molecule has 0 spiro atoms. The number of rotatable bonds is 13. The van der Waals surface area contributed by atoms with Crippen molar-refractivity contribution in [2.45, 2.75) is 53.4 Å². The van der Waals surface area contributed by atoms with Crippen LogP contribution in [-0.4, -0.2) is 32.7 Å². The van der Waals surface area contributed by atoms with Crippen LogP contribution in [0.15, 0.2) is 158 Å². The second-order valence-electron chi connectivity index (χ2n) is 16.7. The Hall–Kier alpha value is -7.31. The number of benzene rings is 8. The molecule has 0 fully saturated rings. The summed E-state index contributed by atoms with van der Waals surface area (Å²) < 4.78 is 14.3. The molecule has 0 bridgehead atoms. The van der Waals surface area contributed by atoms with E-state index in [1.54, 1.807) is 0 Å². The zero-order valence-electron chi connectivity index (χ0n) is 36.4. The van der Waals surface area contributed by atoms with Crippen LogP contribution in [-0.2, 0) is 0 Å². The highest BCUT2D eigenvalue weighted by Crippen LogP contribution is 2.39. The molecule has 0 aliphatic carbocycles. The fraction of sp³-hybridized carbons (Fsp3) is 0.175. The van der Waals surface area contributed by atoms with Gasteiger partial charge in [-0.3, -0.25) is 4.57 Å². The third kappa shape index (κ3) is 8.13. The molecule has 63 heavy (non-hydrogen) atoms. The predicted octanol–water partition coefficient (Wildman–Crippen LogP) is 14.9. The Bertz CT molecular complexity index is 3060. The summed E-state index contributed by atoms with van der Waals surface area (Å²) >= 11 is 0. The SMILES string of the molecule is CCCCOc1ccc2cc(-c3ccc4c(c3)c3cc(-c5ccc6cc(OCCCC)ccc6c5)ccc3n4-c3nc(-c4ccc(C)cc4)nc(-c4ccc(C)cc4)n3)ccc2c1. The molecule has 0 saturated carbocycles. The van der Waals surface area contributed by atoms with E-state index in [4.69, 9.17) is 24.4 Å². The van der Waals surface area contributed by atoms with E-state index in [1.807, 2.05) is 0 Å². The molecule has 0 amide bonds. The third-order valence-electron chi connectivity index (χ3n) is 12.0. The summed E-state index contributed by atoms with van der Waals surface area (Å²) in [6.45, 7) is 10.0. The van der Waals surface area contributed by atoms with E-state index in [9.17, 15) is 0 Å². The lowest BCUT2D eigenvalue weighted by atomic mass is 9.97. The van der Waals surface area contributed by atoms with Gasteiger partial charge in [0, 0.05) is 21.9 Å². The van der Waals surface area contributed by atoms with Crippen LogP contribution in [0.25, 0.3) is 94.3 Å². The molecule has 10 rings (SSSR count). The quantitative estimate of drug-likeness (QED) is 0.108. The Morgan fingerprint density at radius 1 is 0.397 bits per heavy atom. The first-order valence-electron chi connectivity index (χ1n) is 22.2. The largest absolute Gasteiger partial charge is 0.494 e. The smallest absolute Gasteiger partial charge is 0.238 e. The predicted molar refractivity (Wildman–Crippen MR) is 261 cm³/mol. The first-order chi connectivity index (χ1) is 30.9. The maximum atomic E-state index is 6.03. The highest BCUT2D eigenvalue weighted by Gasteiger charge is 2.20. The van der Waals surface area contributed by atoms with Gasteiger partial charge in [0.05, 0.1) is 24.2 Å². The lowest BCUT2D eigenvalue weighted by molar-refractivity contribution is 0.309. The molecule has 0 atom stereocenters. The number of hydrogen-bond acceptors (Lipinski definition) is 5. The van der Waals surface area contributed by atoms with Crippen molar-refractivity contribution in [3.63, 3.8) is 0 Å². The zero-order valence-corrected chi connectivity index (χ0v) is 36.4. The molecule has 8 aromatic carbocycles. The number of unbranched alkanes of at least 4 members (excludes halogenated alkanes) is 2. The van der Waals surface area contributed by atoms with Crippen LogP contribution in [0.2, 0.25) is 0 Å². The van der Waals surface area contributed by atoms with Crippen LogP contribution in [0.4, 0.5) is 0 Å². The summed E-state index contributed by atoms with van der Waals surface area (Å²) in [7, 11) is 0. The van der Waals surface area contributed by atoms with Gasteiger partial charge in [-0.25, -0.2) is 4.98 Å². The molecule has 2 heterocycles. The van der Waals surface area contributed by atoms with E-state index < -0.39 is 0 Å². The average molecular weight is 823 g/mol. The van der Waals surface area contributed by atoms with Crippen molar-refractivity contribution in [3.05, 3.63) is 169 Å². The van der Waals surface area contributed by atoms with Gasteiger partial charge in [0.25, 0.3) is 0 Å². The number of fused-ring (bicyclic) bond motifs is 5. The van der Waals surface area contributed by atoms with Crippen molar-refractivity contribution in [3.8, 4) is 62.5 Å². The molecule has 0 aliphatic rings.